The van der Waals surface area contributed by atoms with Gasteiger partial charge in [0.25, 0.3) is 5.91 Å². The van der Waals surface area contributed by atoms with E-state index in [9.17, 15) is 18.4 Å². The number of halogens is 2. The number of carbonyl (C=O) groups excluding carboxylic acids is 2. The van der Waals surface area contributed by atoms with Crippen LogP contribution in [0.4, 0.5) is 8.78 Å². The summed E-state index contributed by atoms with van der Waals surface area (Å²) in [6, 6.07) is 16.8. The van der Waals surface area contributed by atoms with Crippen molar-refractivity contribution in [1.82, 2.24) is 15.1 Å². The summed E-state index contributed by atoms with van der Waals surface area (Å²) < 4.78 is 46.5. The second-order valence-electron chi connectivity index (χ2n) is 9.08. The zero-order chi connectivity index (χ0) is 26.9. The van der Waals surface area contributed by atoms with Crippen molar-refractivity contribution in [3.05, 3.63) is 78.0 Å². The predicted octanol–water partition coefficient (Wildman–Crippen LogP) is 4.89. The Kier molecular flexibility index (Phi) is 6.71. The van der Waals surface area contributed by atoms with Crippen molar-refractivity contribution in [2.75, 3.05) is 13.2 Å². The van der Waals surface area contributed by atoms with Gasteiger partial charge in [-0.15, -0.1) is 0 Å². The quantitative estimate of drug-likeness (QED) is 0.332. The molecule has 2 heterocycles. The number of fused-ring (bicyclic) bond motifs is 2. The molecule has 5 rings (SSSR count). The van der Waals surface area contributed by atoms with Crippen molar-refractivity contribution in [2.45, 2.75) is 31.9 Å². The standard InChI is InChI=1S/C28H25F2N3O5/c1-17(32-27(35)28(2,29)30)26(19-6-9-24-25(14-19)37-11-10-36-24)38-22-7-8-23-20(13-22)15-31-33(23)21-5-3-4-18(12-21)16-34/h3-9,12-17,26H,10-11H2,1-2H3,(H,32,35)/t17?,26-/m0/s1. The summed E-state index contributed by atoms with van der Waals surface area (Å²) in [4.78, 5) is 23.2. The molecule has 1 aromatic heterocycles. The molecule has 1 aliphatic rings. The second-order valence-corrected chi connectivity index (χ2v) is 9.08. The Morgan fingerprint density at radius 2 is 1.89 bits per heavy atom. The molecule has 1 unspecified atom stereocenters. The molecule has 1 aliphatic heterocycles. The fourth-order valence-electron chi connectivity index (χ4n) is 4.27. The van der Waals surface area contributed by atoms with Gasteiger partial charge in [0.05, 0.1) is 23.4 Å². The van der Waals surface area contributed by atoms with Gasteiger partial charge < -0.3 is 19.5 Å². The second kappa shape index (κ2) is 10.1. The minimum atomic E-state index is -3.54. The van der Waals surface area contributed by atoms with E-state index < -0.39 is 24.0 Å². The summed E-state index contributed by atoms with van der Waals surface area (Å²) in [5.41, 5.74) is 2.65. The normalized spacial score (nSPS) is 14.5. The molecule has 4 aromatic rings. The molecule has 0 bridgehead atoms. The molecule has 0 radical (unpaired) electrons. The molecule has 38 heavy (non-hydrogen) atoms. The minimum Gasteiger partial charge on any atom is -0.486 e. The van der Waals surface area contributed by atoms with Gasteiger partial charge in [-0.25, -0.2) is 4.68 Å². The highest BCUT2D eigenvalue weighted by Gasteiger charge is 2.35. The van der Waals surface area contributed by atoms with Gasteiger partial charge in [0.1, 0.15) is 31.4 Å². The highest BCUT2D eigenvalue weighted by Crippen LogP contribution is 2.36. The van der Waals surface area contributed by atoms with Crippen LogP contribution in [0, 0.1) is 0 Å². The van der Waals surface area contributed by atoms with Gasteiger partial charge >= 0.3 is 5.92 Å². The lowest BCUT2D eigenvalue weighted by Crippen LogP contribution is -2.46. The number of ether oxygens (including phenoxy) is 3. The van der Waals surface area contributed by atoms with E-state index in [1.165, 1.54) is 0 Å². The first-order chi connectivity index (χ1) is 18.2. The topological polar surface area (TPSA) is 91.7 Å². The molecule has 3 aromatic carbocycles. The van der Waals surface area contributed by atoms with Gasteiger partial charge in [-0.3, -0.25) is 9.59 Å². The Labute approximate surface area is 217 Å². The van der Waals surface area contributed by atoms with E-state index in [4.69, 9.17) is 14.2 Å². The summed E-state index contributed by atoms with van der Waals surface area (Å²) in [5, 5.41) is 7.57. The molecule has 0 spiro atoms. The van der Waals surface area contributed by atoms with E-state index in [1.54, 1.807) is 66.3 Å². The Morgan fingerprint density at radius 1 is 1.11 bits per heavy atom. The summed E-state index contributed by atoms with van der Waals surface area (Å²) in [6.07, 6.45) is 1.61. The fraction of sp³-hybridized carbons (Fsp3) is 0.250. The molecule has 1 amide bonds. The van der Waals surface area contributed by atoms with Crippen LogP contribution in [0.3, 0.4) is 0 Å². The van der Waals surface area contributed by atoms with Crippen molar-refractivity contribution in [3.63, 3.8) is 0 Å². The van der Waals surface area contributed by atoms with Crippen LogP contribution in [0.5, 0.6) is 17.2 Å². The van der Waals surface area contributed by atoms with E-state index in [1.807, 2.05) is 12.1 Å². The molecule has 0 saturated heterocycles. The Bertz CT molecular complexity index is 1500. The van der Waals surface area contributed by atoms with E-state index >= 15 is 0 Å². The number of hydrogen-bond donors (Lipinski definition) is 1. The Balaban J connectivity index is 1.47. The molecule has 10 heteroatoms. The van der Waals surface area contributed by atoms with Crippen LogP contribution < -0.4 is 19.5 Å². The zero-order valence-electron chi connectivity index (χ0n) is 20.7. The van der Waals surface area contributed by atoms with Gasteiger partial charge in [0.15, 0.2) is 11.5 Å². The Morgan fingerprint density at radius 3 is 2.66 bits per heavy atom. The average molecular weight is 522 g/mol. The largest absolute Gasteiger partial charge is 0.486 e. The number of aromatic nitrogens is 2. The molecule has 0 fully saturated rings. The van der Waals surface area contributed by atoms with Gasteiger partial charge in [-0.2, -0.15) is 13.9 Å². The third-order valence-corrected chi connectivity index (χ3v) is 6.16. The molecule has 196 valence electrons. The third-order valence-electron chi connectivity index (χ3n) is 6.16. The van der Waals surface area contributed by atoms with Crippen molar-refractivity contribution in [2.24, 2.45) is 0 Å². The Hall–Kier alpha value is -4.47. The number of nitrogens with one attached hydrogen (secondary N) is 1. The van der Waals surface area contributed by atoms with E-state index in [-0.39, 0.29) is 0 Å². The number of amides is 1. The first-order valence-corrected chi connectivity index (χ1v) is 12.0. The van der Waals surface area contributed by atoms with E-state index in [0.29, 0.717) is 48.5 Å². The number of rotatable bonds is 8. The lowest BCUT2D eigenvalue weighted by atomic mass is 10.0. The summed E-state index contributed by atoms with van der Waals surface area (Å²) in [6.45, 7) is 2.96. The highest BCUT2D eigenvalue weighted by atomic mass is 19.3. The van der Waals surface area contributed by atoms with Crippen LogP contribution in [0.2, 0.25) is 0 Å². The highest BCUT2D eigenvalue weighted by molar-refractivity contribution is 5.83. The maximum absolute atomic E-state index is 13.6. The monoisotopic (exact) mass is 521 g/mol. The fourth-order valence-corrected chi connectivity index (χ4v) is 4.27. The molecule has 0 aliphatic carbocycles. The van der Waals surface area contributed by atoms with Crippen molar-refractivity contribution < 1.29 is 32.6 Å². The first-order valence-electron chi connectivity index (χ1n) is 12.0. The number of carbonyl (C=O) groups is 2. The predicted molar refractivity (Wildman–Crippen MR) is 135 cm³/mol. The van der Waals surface area contributed by atoms with E-state index in [0.717, 1.165) is 22.9 Å². The van der Waals surface area contributed by atoms with Crippen molar-refractivity contribution in [3.8, 4) is 22.9 Å². The van der Waals surface area contributed by atoms with Gasteiger partial charge in [-0.1, -0.05) is 18.2 Å². The van der Waals surface area contributed by atoms with E-state index in [2.05, 4.69) is 10.4 Å². The third kappa shape index (κ3) is 5.15. The van der Waals surface area contributed by atoms with Crippen LogP contribution in [0.15, 0.2) is 66.9 Å². The van der Waals surface area contributed by atoms with Gasteiger partial charge in [0.2, 0.25) is 0 Å². The number of nitrogens with zero attached hydrogens (tertiary/aromatic N) is 2. The van der Waals surface area contributed by atoms with Crippen LogP contribution in [0.25, 0.3) is 16.6 Å². The van der Waals surface area contributed by atoms with Gasteiger partial charge in [-0.05, 0) is 55.0 Å². The lowest BCUT2D eigenvalue weighted by Gasteiger charge is -2.28. The molecule has 0 saturated carbocycles. The molecule has 2 atom stereocenters. The molecule has 8 nitrogen and oxygen atoms in total. The summed E-state index contributed by atoms with van der Waals surface area (Å²) in [5.74, 6) is -3.41. The van der Waals surface area contributed by atoms with Gasteiger partial charge in [0, 0.05) is 17.9 Å². The maximum atomic E-state index is 13.6. The SMILES string of the molecule is CC(NC(=O)C(C)(F)F)[C@H](Oc1ccc2c(cnn2-c2cccc(C=O)c2)c1)c1ccc2c(c1)OCCO2. The molecule has 1 N–H and O–H groups in total. The van der Waals surface area contributed by atoms with Crippen LogP contribution in [-0.4, -0.2) is 47.2 Å². The summed E-state index contributed by atoms with van der Waals surface area (Å²) in [7, 11) is 0. The summed E-state index contributed by atoms with van der Waals surface area (Å²) >= 11 is 0. The smallest absolute Gasteiger partial charge is 0.321 e. The number of aldehydes is 1. The maximum Gasteiger partial charge on any atom is 0.321 e. The van der Waals surface area contributed by atoms with Crippen LogP contribution in [-0.2, 0) is 4.79 Å². The van der Waals surface area contributed by atoms with Crippen LogP contribution in [0.1, 0.15) is 35.9 Å². The van der Waals surface area contributed by atoms with Crippen LogP contribution >= 0.6 is 0 Å². The van der Waals surface area contributed by atoms with Crippen molar-refractivity contribution >= 4 is 23.1 Å². The zero-order valence-corrected chi connectivity index (χ0v) is 20.7. The molecular formula is C28H25F2N3O5. The lowest BCUT2D eigenvalue weighted by molar-refractivity contribution is -0.144. The number of alkyl halides is 2. The number of hydrogen-bond acceptors (Lipinski definition) is 6. The first kappa shape index (κ1) is 25.2. The number of benzene rings is 3. The average Bonchev–Trinajstić information content (AvgIpc) is 3.34. The molecular weight excluding hydrogens is 496 g/mol. The minimum absolute atomic E-state index is 0.382. The van der Waals surface area contributed by atoms with Crippen molar-refractivity contribution in [1.29, 1.82) is 0 Å².